The van der Waals surface area contributed by atoms with Crippen LogP contribution in [0, 0.1) is 22.7 Å². The summed E-state index contributed by atoms with van der Waals surface area (Å²) in [5.41, 5.74) is 3.03. The zero-order chi connectivity index (χ0) is 21.1. The molecule has 1 amide bonds. The van der Waals surface area contributed by atoms with Crippen LogP contribution in [0.5, 0.6) is 0 Å². The molecule has 1 saturated heterocycles. The third-order valence-electron chi connectivity index (χ3n) is 5.55. The first kappa shape index (κ1) is 19.4. The van der Waals surface area contributed by atoms with Crippen LogP contribution < -0.4 is 4.90 Å². The molecule has 8 nitrogen and oxygen atoms in total. The number of fused-ring (bicyclic) bond motifs is 1. The van der Waals surface area contributed by atoms with Gasteiger partial charge in [-0.2, -0.15) is 15.6 Å². The first-order valence-electron chi connectivity index (χ1n) is 9.83. The number of carbonyl (C=O) groups excluding carboxylic acids is 1. The maximum Gasteiger partial charge on any atom is 0.236 e. The number of likely N-dealkylation sites (tertiary alicyclic amines) is 1. The molecule has 4 rings (SSSR count). The van der Waals surface area contributed by atoms with E-state index in [0.29, 0.717) is 18.7 Å². The first-order valence-corrected chi connectivity index (χ1v) is 9.83. The summed E-state index contributed by atoms with van der Waals surface area (Å²) in [4.78, 5) is 20.8. The van der Waals surface area contributed by atoms with Crippen molar-refractivity contribution in [3.05, 3.63) is 48.3 Å². The minimum atomic E-state index is -0.114. The van der Waals surface area contributed by atoms with Gasteiger partial charge < -0.3 is 9.80 Å². The largest absolute Gasteiger partial charge is 0.355 e. The van der Waals surface area contributed by atoms with Gasteiger partial charge in [-0.05, 0) is 37.1 Å². The van der Waals surface area contributed by atoms with Crippen LogP contribution >= 0.6 is 0 Å². The van der Waals surface area contributed by atoms with Gasteiger partial charge in [0, 0.05) is 37.9 Å². The number of pyridine rings is 2. The lowest BCUT2D eigenvalue weighted by Gasteiger charge is -2.38. The van der Waals surface area contributed by atoms with E-state index in [-0.39, 0.29) is 18.4 Å². The molecule has 0 aromatic carbocycles. The molecular weight excluding hydrogens is 378 g/mol. The van der Waals surface area contributed by atoms with Crippen molar-refractivity contribution in [2.75, 3.05) is 25.0 Å². The molecule has 0 saturated carbocycles. The topological polar surface area (TPSA) is 101 Å². The third-order valence-corrected chi connectivity index (χ3v) is 5.55. The lowest BCUT2D eigenvalue weighted by molar-refractivity contribution is -0.131. The van der Waals surface area contributed by atoms with Crippen LogP contribution in [0.3, 0.4) is 0 Å². The highest BCUT2D eigenvalue weighted by atomic mass is 16.2. The van der Waals surface area contributed by atoms with E-state index in [9.17, 15) is 10.1 Å². The highest BCUT2D eigenvalue weighted by molar-refractivity contribution is 5.79. The second-order valence-electron chi connectivity index (χ2n) is 7.38. The number of anilines is 1. The predicted molar refractivity (Wildman–Crippen MR) is 111 cm³/mol. The van der Waals surface area contributed by atoms with Gasteiger partial charge in [0.15, 0.2) is 0 Å². The van der Waals surface area contributed by atoms with Crippen molar-refractivity contribution < 1.29 is 4.79 Å². The predicted octanol–water partition coefficient (Wildman–Crippen LogP) is 2.61. The van der Waals surface area contributed by atoms with E-state index in [4.69, 9.17) is 10.2 Å². The molecule has 1 fully saturated rings. The van der Waals surface area contributed by atoms with Crippen LogP contribution in [0.1, 0.15) is 24.8 Å². The average Bonchev–Trinajstić information content (AvgIpc) is 3.22. The smallest absolute Gasteiger partial charge is 0.236 e. The van der Waals surface area contributed by atoms with Crippen LogP contribution in [-0.2, 0) is 4.79 Å². The zero-order valence-corrected chi connectivity index (χ0v) is 16.7. The van der Waals surface area contributed by atoms with Gasteiger partial charge in [-0.15, -0.1) is 0 Å². The Balaban J connectivity index is 1.60. The lowest BCUT2D eigenvalue weighted by Crippen LogP contribution is -2.48. The molecule has 4 heterocycles. The number of aromatic nitrogens is 3. The highest BCUT2D eigenvalue weighted by Crippen LogP contribution is 2.27. The van der Waals surface area contributed by atoms with Crippen LogP contribution in [0.25, 0.3) is 16.8 Å². The fourth-order valence-electron chi connectivity index (χ4n) is 3.88. The number of nitriles is 2. The van der Waals surface area contributed by atoms with Gasteiger partial charge in [-0.3, -0.25) is 4.79 Å². The van der Waals surface area contributed by atoms with Crippen molar-refractivity contribution >= 4 is 17.2 Å². The molecule has 1 atom stereocenters. The monoisotopic (exact) mass is 399 g/mol. The SMILES string of the molecule is CN(c1cccc(-c2cnn3ccc(C#N)cc23)n1)C1CCCN(C(=O)CC#N)C1. The van der Waals surface area contributed by atoms with Gasteiger partial charge in [-0.1, -0.05) is 6.07 Å². The minimum absolute atomic E-state index is 0.0798. The van der Waals surface area contributed by atoms with Gasteiger partial charge in [0.25, 0.3) is 0 Å². The summed E-state index contributed by atoms with van der Waals surface area (Å²) in [6, 6.07) is 13.6. The van der Waals surface area contributed by atoms with Crippen molar-refractivity contribution in [3.8, 4) is 23.4 Å². The Hall–Kier alpha value is -3.91. The molecule has 0 N–H and O–H groups in total. The Morgan fingerprint density at radius 2 is 2.20 bits per heavy atom. The molecule has 1 aliphatic heterocycles. The molecule has 0 spiro atoms. The van der Waals surface area contributed by atoms with E-state index in [1.807, 2.05) is 31.3 Å². The summed E-state index contributed by atoms with van der Waals surface area (Å²) >= 11 is 0. The summed E-state index contributed by atoms with van der Waals surface area (Å²) in [5.74, 6) is 0.694. The summed E-state index contributed by atoms with van der Waals surface area (Å²) in [7, 11) is 1.99. The number of piperidine rings is 1. The van der Waals surface area contributed by atoms with Crippen molar-refractivity contribution in [2.24, 2.45) is 0 Å². The second-order valence-corrected chi connectivity index (χ2v) is 7.38. The maximum absolute atomic E-state index is 12.1. The standard InChI is InChI=1S/C22H21N7O/c1-27(17-4-3-10-28(15-17)22(30)7-9-23)21-6-2-5-19(26-21)18-14-25-29-11-8-16(13-24)12-20(18)29/h2,5-6,8,11-12,14,17H,3-4,7,10,15H2,1H3. The number of nitrogens with zero attached hydrogens (tertiary/aromatic N) is 7. The molecule has 8 heteroatoms. The van der Waals surface area contributed by atoms with Crippen molar-refractivity contribution in [1.82, 2.24) is 19.5 Å². The van der Waals surface area contributed by atoms with Crippen LogP contribution in [-0.4, -0.2) is 51.6 Å². The fraction of sp³-hybridized carbons (Fsp3) is 0.318. The number of amides is 1. The van der Waals surface area contributed by atoms with E-state index in [1.54, 1.807) is 33.9 Å². The number of hydrogen-bond acceptors (Lipinski definition) is 6. The average molecular weight is 399 g/mol. The van der Waals surface area contributed by atoms with Gasteiger partial charge in [0.1, 0.15) is 12.2 Å². The summed E-state index contributed by atoms with van der Waals surface area (Å²) in [5, 5.41) is 22.4. The summed E-state index contributed by atoms with van der Waals surface area (Å²) in [6.07, 6.45) is 5.30. The van der Waals surface area contributed by atoms with Gasteiger partial charge in [-0.25, -0.2) is 9.50 Å². The van der Waals surface area contributed by atoms with Gasteiger partial charge in [0.05, 0.1) is 35.1 Å². The van der Waals surface area contributed by atoms with Gasteiger partial charge >= 0.3 is 0 Å². The number of likely N-dealkylation sites (N-methyl/N-ethyl adjacent to an activating group) is 1. The number of carbonyl (C=O) groups is 1. The molecule has 0 radical (unpaired) electrons. The van der Waals surface area contributed by atoms with Crippen LogP contribution in [0.15, 0.2) is 42.7 Å². The molecule has 3 aromatic heterocycles. The van der Waals surface area contributed by atoms with E-state index in [0.717, 1.165) is 35.4 Å². The summed E-state index contributed by atoms with van der Waals surface area (Å²) < 4.78 is 1.73. The Morgan fingerprint density at radius 3 is 3.00 bits per heavy atom. The Labute approximate surface area is 174 Å². The molecule has 1 aliphatic rings. The molecular formula is C22H21N7O. The number of rotatable bonds is 4. The van der Waals surface area contributed by atoms with Crippen LogP contribution in [0.2, 0.25) is 0 Å². The molecule has 150 valence electrons. The van der Waals surface area contributed by atoms with Crippen molar-refractivity contribution in [3.63, 3.8) is 0 Å². The van der Waals surface area contributed by atoms with E-state index < -0.39 is 0 Å². The number of hydrogen-bond donors (Lipinski definition) is 0. The fourth-order valence-corrected chi connectivity index (χ4v) is 3.88. The van der Waals surface area contributed by atoms with E-state index in [2.05, 4.69) is 16.1 Å². The first-order chi connectivity index (χ1) is 14.6. The highest BCUT2D eigenvalue weighted by Gasteiger charge is 2.27. The molecule has 30 heavy (non-hydrogen) atoms. The Morgan fingerprint density at radius 1 is 1.33 bits per heavy atom. The zero-order valence-electron chi connectivity index (χ0n) is 16.7. The third kappa shape index (κ3) is 3.68. The molecule has 0 bridgehead atoms. The van der Waals surface area contributed by atoms with E-state index in [1.165, 1.54) is 0 Å². The van der Waals surface area contributed by atoms with Crippen LogP contribution in [0.4, 0.5) is 5.82 Å². The van der Waals surface area contributed by atoms with Crippen molar-refractivity contribution in [1.29, 1.82) is 10.5 Å². The lowest BCUT2D eigenvalue weighted by atomic mass is 10.0. The molecule has 3 aromatic rings. The molecule has 0 aliphatic carbocycles. The quantitative estimate of drug-likeness (QED) is 0.668. The second kappa shape index (κ2) is 8.22. The summed E-state index contributed by atoms with van der Waals surface area (Å²) in [6.45, 7) is 1.28. The van der Waals surface area contributed by atoms with Crippen molar-refractivity contribution in [2.45, 2.75) is 25.3 Å². The normalized spacial score (nSPS) is 16.1. The molecule has 1 unspecified atom stereocenters. The minimum Gasteiger partial charge on any atom is -0.355 e. The Kier molecular flexibility index (Phi) is 5.32. The van der Waals surface area contributed by atoms with E-state index >= 15 is 0 Å². The maximum atomic E-state index is 12.1. The Bertz CT molecular complexity index is 1170. The van der Waals surface area contributed by atoms with Gasteiger partial charge in [0.2, 0.25) is 5.91 Å².